The molecule has 7 rings (SSSR count). The van der Waals surface area contributed by atoms with Crippen LogP contribution in [0, 0.1) is 38.8 Å². The van der Waals surface area contributed by atoms with Gasteiger partial charge in [0, 0.05) is 44.4 Å². The number of imidazole rings is 1. The second-order valence-electron chi connectivity index (χ2n) is 13.7. The first-order chi connectivity index (χ1) is 21.9. The largest absolute Gasteiger partial charge is 0.486 e. The average Bonchev–Trinajstić information content (AvgIpc) is 3.55. The van der Waals surface area contributed by atoms with Crippen LogP contribution in [0.3, 0.4) is 0 Å². The molecule has 0 unspecified atom stereocenters. The summed E-state index contributed by atoms with van der Waals surface area (Å²) in [4.78, 5) is 14.2. The summed E-state index contributed by atoms with van der Waals surface area (Å²) >= 11 is 0. The monoisotopic (exact) mass is 815 g/mol. The first-order valence-electron chi connectivity index (χ1n) is 16.0. The number of aromatic nitrogens is 4. The Balaban J connectivity index is 0.000000188. The van der Waals surface area contributed by atoms with E-state index in [1.54, 1.807) is 0 Å². The van der Waals surface area contributed by atoms with Crippen LogP contribution in [-0.4, -0.2) is 27.6 Å². The van der Waals surface area contributed by atoms with Crippen molar-refractivity contribution in [3.63, 3.8) is 0 Å². The van der Waals surface area contributed by atoms with Crippen LogP contribution in [0.25, 0.3) is 55.7 Å². The van der Waals surface area contributed by atoms with Gasteiger partial charge < -0.3 is 14.0 Å². The summed E-state index contributed by atoms with van der Waals surface area (Å²) in [5.41, 5.74) is 11.3. The Labute approximate surface area is 292 Å². The van der Waals surface area contributed by atoms with E-state index < -0.39 is 8.07 Å². The minimum Gasteiger partial charge on any atom is -0.486 e. The Bertz CT molecular complexity index is 2190. The van der Waals surface area contributed by atoms with E-state index in [4.69, 9.17) is 9.40 Å². The van der Waals surface area contributed by atoms with Gasteiger partial charge in [0.05, 0.1) is 30.5 Å². The van der Waals surface area contributed by atoms with Crippen molar-refractivity contribution in [1.29, 1.82) is 0 Å². The minimum absolute atomic E-state index is 0. The number of benzene rings is 3. The standard InChI is InChI=1S/C22H18N3O.C18H24NSi.Ir/c1-12-9-10-15(21-24-17-7-5-6-8-18(17)25(21)4)20-19(12)16-11-13(2)14(3)23-22(16)26-20;1-14(2)11-16-12-17(15-9-7-6-8-10-15)19-13-18(16)20(3,4)5;/h5-9,11H,1-4H3;6-9,12-14H,11H2,1-5H3;/q2*-1;. The summed E-state index contributed by atoms with van der Waals surface area (Å²) in [6, 6.07) is 29.3. The van der Waals surface area contributed by atoms with Gasteiger partial charge in [-0.15, -0.1) is 53.6 Å². The molecule has 0 N–H and O–H groups in total. The third kappa shape index (κ3) is 6.89. The Kier molecular flexibility index (Phi) is 10.0. The molecule has 47 heavy (non-hydrogen) atoms. The smallest absolute Gasteiger partial charge is 0.216 e. The van der Waals surface area contributed by atoms with Crippen LogP contribution < -0.4 is 5.19 Å². The summed E-state index contributed by atoms with van der Waals surface area (Å²) in [7, 11) is 0.686. The van der Waals surface area contributed by atoms with E-state index in [0.29, 0.717) is 11.6 Å². The Morgan fingerprint density at radius 2 is 1.66 bits per heavy atom. The van der Waals surface area contributed by atoms with E-state index in [9.17, 15) is 0 Å². The molecule has 4 heterocycles. The molecule has 0 atom stereocenters. The molecule has 0 bridgehead atoms. The zero-order valence-corrected chi connectivity index (χ0v) is 32.1. The second kappa shape index (κ2) is 13.7. The van der Waals surface area contributed by atoms with Gasteiger partial charge in [-0.25, -0.2) is 4.98 Å². The molecule has 7 heteroatoms. The number of furan rings is 1. The SMILES string of the molecule is CC(C)Cc1cc(-c2[c-]cccc2)ncc1[Si](C)(C)C.Cc1cc2c(nc1C)oc1c(-c3nc4ccccc4n3C)[c-]cc(C)c12.[Ir]. The van der Waals surface area contributed by atoms with E-state index in [-0.39, 0.29) is 20.1 Å². The first-order valence-corrected chi connectivity index (χ1v) is 19.5. The molecule has 4 aromatic heterocycles. The van der Waals surface area contributed by atoms with E-state index in [1.165, 1.54) is 10.8 Å². The number of rotatable bonds is 5. The summed E-state index contributed by atoms with van der Waals surface area (Å²) in [6.45, 7) is 17.9. The quantitative estimate of drug-likeness (QED) is 0.128. The number of fused-ring (bicyclic) bond motifs is 4. The van der Waals surface area contributed by atoms with E-state index >= 15 is 0 Å². The van der Waals surface area contributed by atoms with Gasteiger partial charge in [-0.05, 0) is 60.8 Å². The molecule has 5 nitrogen and oxygen atoms in total. The molecule has 0 amide bonds. The Morgan fingerprint density at radius 1 is 0.915 bits per heavy atom. The van der Waals surface area contributed by atoms with Gasteiger partial charge in [0.2, 0.25) is 5.71 Å². The number of pyridine rings is 2. The van der Waals surface area contributed by atoms with Gasteiger partial charge in [-0.3, -0.25) is 4.98 Å². The molecule has 0 saturated heterocycles. The molecular formula is C40H42IrN4OSi-2. The third-order valence-electron chi connectivity index (χ3n) is 8.60. The summed E-state index contributed by atoms with van der Waals surface area (Å²) in [6.07, 6.45) is 3.24. The predicted molar refractivity (Wildman–Crippen MR) is 194 cm³/mol. The van der Waals surface area contributed by atoms with Gasteiger partial charge in [-0.2, -0.15) is 0 Å². The molecule has 0 aliphatic heterocycles. The van der Waals surface area contributed by atoms with Gasteiger partial charge in [0.1, 0.15) is 0 Å². The predicted octanol–water partition coefficient (Wildman–Crippen LogP) is 9.55. The fourth-order valence-electron chi connectivity index (χ4n) is 6.11. The number of aryl methyl sites for hydroxylation is 4. The van der Waals surface area contributed by atoms with Crippen LogP contribution >= 0.6 is 0 Å². The number of hydrogen-bond acceptors (Lipinski definition) is 4. The van der Waals surface area contributed by atoms with E-state index in [0.717, 1.165) is 73.3 Å². The van der Waals surface area contributed by atoms with Crippen molar-refractivity contribution in [2.45, 2.75) is 60.7 Å². The fourth-order valence-corrected chi connectivity index (χ4v) is 7.70. The van der Waals surface area contributed by atoms with E-state index in [2.05, 4.69) is 104 Å². The summed E-state index contributed by atoms with van der Waals surface area (Å²) < 4.78 is 8.30. The van der Waals surface area contributed by atoms with Crippen LogP contribution in [-0.2, 0) is 33.6 Å². The van der Waals surface area contributed by atoms with Crippen molar-refractivity contribution in [2.75, 3.05) is 0 Å². The van der Waals surface area contributed by atoms with Crippen molar-refractivity contribution < 1.29 is 24.5 Å². The maximum atomic E-state index is 6.21. The Morgan fingerprint density at radius 3 is 2.34 bits per heavy atom. The maximum absolute atomic E-state index is 6.21. The molecule has 0 fully saturated rings. The van der Waals surface area contributed by atoms with Crippen LogP contribution in [0.4, 0.5) is 0 Å². The van der Waals surface area contributed by atoms with Crippen LogP contribution in [0.1, 0.15) is 36.2 Å². The van der Waals surface area contributed by atoms with Crippen molar-refractivity contribution >= 4 is 46.4 Å². The van der Waals surface area contributed by atoms with E-state index in [1.807, 2.05) is 56.4 Å². The molecule has 0 aliphatic carbocycles. The van der Waals surface area contributed by atoms with Gasteiger partial charge in [0.25, 0.3) is 0 Å². The maximum Gasteiger partial charge on any atom is 0.216 e. The molecule has 3 aromatic carbocycles. The fraction of sp³-hybridized carbons (Fsp3) is 0.275. The topological polar surface area (TPSA) is 56.7 Å². The van der Waals surface area contributed by atoms with Crippen molar-refractivity contribution in [3.8, 4) is 22.6 Å². The molecule has 7 aromatic rings. The van der Waals surface area contributed by atoms with Gasteiger partial charge in [0.15, 0.2) is 0 Å². The molecule has 1 radical (unpaired) electrons. The zero-order valence-electron chi connectivity index (χ0n) is 28.7. The molecule has 0 aliphatic rings. The van der Waals surface area contributed by atoms with Crippen molar-refractivity contribution in [1.82, 2.24) is 19.5 Å². The first kappa shape index (κ1) is 34.4. The Hall–Kier alpha value is -3.90. The number of para-hydroxylation sites is 2. The normalized spacial score (nSPS) is 11.6. The number of nitrogens with zero attached hydrogens (tertiary/aromatic N) is 4. The van der Waals surface area contributed by atoms with Crippen LogP contribution in [0.2, 0.25) is 19.6 Å². The van der Waals surface area contributed by atoms with Crippen LogP contribution in [0.5, 0.6) is 0 Å². The third-order valence-corrected chi connectivity index (χ3v) is 10.7. The van der Waals surface area contributed by atoms with Crippen LogP contribution in [0.15, 0.2) is 77.3 Å². The molecule has 0 spiro atoms. The summed E-state index contributed by atoms with van der Waals surface area (Å²) in [5.74, 6) is 1.52. The average molecular weight is 815 g/mol. The minimum atomic E-state index is -1.34. The second-order valence-corrected chi connectivity index (χ2v) is 18.8. The molecular weight excluding hydrogens is 773 g/mol. The zero-order chi connectivity index (χ0) is 32.7. The molecule has 243 valence electrons. The van der Waals surface area contributed by atoms with Crippen molar-refractivity contribution in [2.24, 2.45) is 13.0 Å². The van der Waals surface area contributed by atoms with Gasteiger partial charge >= 0.3 is 0 Å². The number of hydrogen-bond donors (Lipinski definition) is 0. The molecule has 0 saturated carbocycles. The summed E-state index contributed by atoms with van der Waals surface area (Å²) in [5, 5.41) is 3.64. The van der Waals surface area contributed by atoms with Gasteiger partial charge in [-0.1, -0.05) is 75.1 Å². The van der Waals surface area contributed by atoms with Crippen molar-refractivity contribution in [3.05, 3.63) is 107 Å².